The average molecular weight is 352 g/mol. The molecule has 1 aromatic heterocycles. The maximum absolute atomic E-state index is 12.4. The van der Waals surface area contributed by atoms with Gasteiger partial charge in [-0.25, -0.2) is 4.98 Å². The number of para-hydroxylation sites is 1. The first kappa shape index (κ1) is 17.2. The summed E-state index contributed by atoms with van der Waals surface area (Å²) in [6.07, 6.45) is 0. The highest BCUT2D eigenvalue weighted by atomic mass is 32.1. The third-order valence-corrected chi connectivity index (χ3v) is 4.65. The number of aromatic nitrogens is 1. The molecule has 0 saturated carbocycles. The Morgan fingerprint density at radius 1 is 1.16 bits per heavy atom. The van der Waals surface area contributed by atoms with Gasteiger partial charge in [0.25, 0.3) is 5.91 Å². The van der Waals surface area contributed by atoms with Crippen molar-refractivity contribution in [2.75, 3.05) is 6.61 Å². The molecule has 4 nitrogen and oxygen atoms in total. The standard InChI is InChI=1S/C20H20N2O2S/c1-3-24-18-7-5-4-6-17(18)19(23)21-12-16-13-25-20(22-16)15-10-8-14(2)9-11-15/h4-11,13H,3,12H2,1-2H3,(H,21,23). The van der Waals surface area contributed by atoms with Gasteiger partial charge in [-0.05, 0) is 26.0 Å². The molecule has 0 aliphatic carbocycles. The summed E-state index contributed by atoms with van der Waals surface area (Å²) in [6.45, 7) is 4.88. The van der Waals surface area contributed by atoms with Crippen LogP contribution in [0.25, 0.3) is 10.6 Å². The molecule has 0 unspecified atom stereocenters. The minimum Gasteiger partial charge on any atom is -0.493 e. The number of carbonyl (C=O) groups excluding carboxylic acids is 1. The van der Waals surface area contributed by atoms with E-state index in [2.05, 4.69) is 41.5 Å². The number of thiazole rings is 1. The molecule has 2 aromatic carbocycles. The zero-order chi connectivity index (χ0) is 17.6. The van der Waals surface area contributed by atoms with Crippen molar-refractivity contribution < 1.29 is 9.53 Å². The summed E-state index contributed by atoms with van der Waals surface area (Å²) in [4.78, 5) is 17.0. The zero-order valence-corrected chi connectivity index (χ0v) is 15.1. The first-order valence-electron chi connectivity index (χ1n) is 8.19. The molecule has 0 atom stereocenters. The number of hydrogen-bond donors (Lipinski definition) is 1. The Morgan fingerprint density at radius 3 is 2.68 bits per heavy atom. The predicted octanol–water partition coefficient (Wildman–Crippen LogP) is 4.45. The summed E-state index contributed by atoms with van der Waals surface area (Å²) in [7, 11) is 0. The SMILES string of the molecule is CCOc1ccccc1C(=O)NCc1csc(-c2ccc(C)cc2)n1. The van der Waals surface area contributed by atoms with Crippen LogP contribution in [0.2, 0.25) is 0 Å². The van der Waals surface area contributed by atoms with Crippen molar-refractivity contribution in [1.82, 2.24) is 10.3 Å². The molecule has 5 heteroatoms. The number of hydrogen-bond acceptors (Lipinski definition) is 4. The van der Waals surface area contributed by atoms with E-state index in [-0.39, 0.29) is 5.91 Å². The largest absolute Gasteiger partial charge is 0.493 e. The van der Waals surface area contributed by atoms with Crippen LogP contribution in [-0.2, 0) is 6.54 Å². The lowest BCUT2D eigenvalue weighted by Crippen LogP contribution is -2.23. The second-order valence-electron chi connectivity index (χ2n) is 5.62. The Labute approximate surface area is 151 Å². The van der Waals surface area contributed by atoms with Gasteiger partial charge in [-0.15, -0.1) is 11.3 Å². The molecule has 3 rings (SSSR count). The Hall–Kier alpha value is -2.66. The summed E-state index contributed by atoms with van der Waals surface area (Å²) in [5.41, 5.74) is 3.71. The number of nitrogens with one attached hydrogen (secondary N) is 1. The van der Waals surface area contributed by atoms with Gasteiger partial charge in [-0.1, -0.05) is 42.0 Å². The fourth-order valence-electron chi connectivity index (χ4n) is 2.42. The second kappa shape index (κ2) is 7.94. The van der Waals surface area contributed by atoms with Crippen LogP contribution in [-0.4, -0.2) is 17.5 Å². The Morgan fingerprint density at radius 2 is 1.92 bits per heavy atom. The van der Waals surface area contributed by atoms with Gasteiger partial charge in [0.05, 0.1) is 24.4 Å². The van der Waals surface area contributed by atoms with Crippen molar-refractivity contribution in [3.05, 3.63) is 70.7 Å². The van der Waals surface area contributed by atoms with Crippen molar-refractivity contribution in [3.63, 3.8) is 0 Å². The lowest BCUT2D eigenvalue weighted by molar-refractivity contribution is 0.0946. The van der Waals surface area contributed by atoms with Crippen molar-refractivity contribution in [2.45, 2.75) is 20.4 Å². The van der Waals surface area contributed by atoms with Crippen LogP contribution >= 0.6 is 11.3 Å². The molecule has 0 radical (unpaired) electrons. The Kier molecular flexibility index (Phi) is 5.46. The van der Waals surface area contributed by atoms with Crippen molar-refractivity contribution in [3.8, 4) is 16.3 Å². The van der Waals surface area contributed by atoms with Crippen LogP contribution in [0.3, 0.4) is 0 Å². The minimum atomic E-state index is -0.158. The lowest BCUT2D eigenvalue weighted by atomic mass is 10.2. The summed E-state index contributed by atoms with van der Waals surface area (Å²) in [6, 6.07) is 15.5. The maximum Gasteiger partial charge on any atom is 0.255 e. The summed E-state index contributed by atoms with van der Waals surface area (Å²) in [5.74, 6) is 0.440. The quantitative estimate of drug-likeness (QED) is 0.713. The molecule has 3 aromatic rings. The summed E-state index contributed by atoms with van der Waals surface area (Å²) < 4.78 is 5.51. The van der Waals surface area contributed by atoms with E-state index >= 15 is 0 Å². The number of carbonyl (C=O) groups is 1. The van der Waals surface area contributed by atoms with E-state index in [1.54, 1.807) is 23.5 Å². The van der Waals surface area contributed by atoms with E-state index in [1.165, 1.54) is 5.56 Å². The maximum atomic E-state index is 12.4. The van der Waals surface area contributed by atoms with E-state index in [0.29, 0.717) is 24.5 Å². The number of ether oxygens (including phenoxy) is 1. The van der Waals surface area contributed by atoms with Crippen molar-refractivity contribution in [1.29, 1.82) is 0 Å². The fraction of sp³-hybridized carbons (Fsp3) is 0.200. The van der Waals surface area contributed by atoms with Crippen LogP contribution < -0.4 is 10.1 Å². The number of benzene rings is 2. The molecule has 0 aliphatic heterocycles. The summed E-state index contributed by atoms with van der Waals surface area (Å²) >= 11 is 1.58. The number of rotatable bonds is 6. The molecule has 128 valence electrons. The third kappa shape index (κ3) is 4.25. The Bertz CT molecular complexity index is 856. The zero-order valence-electron chi connectivity index (χ0n) is 14.3. The molecule has 0 aliphatic rings. The molecule has 0 fully saturated rings. The van der Waals surface area contributed by atoms with Gasteiger partial charge in [0.15, 0.2) is 0 Å². The smallest absolute Gasteiger partial charge is 0.255 e. The first-order chi connectivity index (χ1) is 12.2. The summed E-state index contributed by atoms with van der Waals surface area (Å²) in [5, 5.41) is 5.85. The average Bonchev–Trinajstić information content (AvgIpc) is 3.10. The van der Waals surface area contributed by atoms with E-state index in [9.17, 15) is 4.79 Å². The number of aryl methyl sites for hydroxylation is 1. The predicted molar refractivity (Wildman–Crippen MR) is 101 cm³/mol. The van der Waals surface area contributed by atoms with Gasteiger partial charge < -0.3 is 10.1 Å². The van der Waals surface area contributed by atoms with E-state index in [1.807, 2.05) is 24.4 Å². The van der Waals surface area contributed by atoms with Crippen LogP contribution in [0.4, 0.5) is 0 Å². The third-order valence-electron chi connectivity index (χ3n) is 3.71. The van der Waals surface area contributed by atoms with E-state index in [4.69, 9.17) is 4.74 Å². The van der Waals surface area contributed by atoms with Crippen LogP contribution in [0, 0.1) is 6.92 Å². The van der Waals surface area contributed by atoms with Gasteiger partial charge in [0.1, 0.15) is 10.8 Å². The molecule has 1 heterocycles. The van der Waals surface area contributed by atoms with E-state index < -0.39 is 0 Å². The minimum absolute atomic E-state index is 0.158. The topological polar surface area (TPSA) is 51.2 Å². The molecular formula is C20H20N2O2S. The molecule has 1 amide bonds. The van der Waals surface area contributed by atoms with Crippen molar-refractivity contribution >= 4 is 17.2 Å². The normalized spacial score (nSPS) is 10.5. The van der Waals surface area contributed by atoms with Gasteiger partial charge in [-0.2, -0.15) is 0 Å². The van der Waals surface area contributed by atoms with Gasteiger partial charge >= 0.3 is 0 Å². The van der Waals surface area contributed by atoms with Crippen LogP contribution in [0.1, 0.15) is 28.5 Å². The number of nitrogens with zero attached hydrogens (tertiary/aromatic N) is 1. The molecule has 0 bridgehead atoms. The lowest BCUT2D eigenvalue weighted by Gasteiger charge is -2.09. The molecular weight excluding hydrogens is 332 g/mol. The van der Waals surface area contributed by atoms with Gasteiger partial charge in [0.2, 0.25) is 0 Å². The van der Waals surface area contributed by atoms with Gasteiger partial charge in [0, 0.05) is 10.9 Å². The van der Waals surface area contributed by atoms with Crippen LogP contribution in [0.5, 0.6) is 5.75 Å². The highest BCUT2D eigenvalue weighted by Gasteiger charge is 2.12. The van der Waals surface area contributed by atoms with Crippen LogP contribution in [0.15, 0.2) is 53.9 Å². The number of amides is 1. The molecule has 0 saturated heterocycles. The molecule has 0 spiro atoms. The second-order valence-corrected chi connectivity index (χ2v) is 6.48. The Balaban J connectivity index is 1.66. The highest BCUT2D eigenvalue weighted by Crippen LogP contribution is 2.24. The highest BCUT2D eigenvalue weighted by molar-refractivity contribution is 7.13. The van der Waals surface area contributed by atoms with Crippen molar-refractivity contribution in [2.24, 2.45) is 0 Å². The van der Waals surface area contributed by atoms with Gasteiger partial charge in [-0.3, -0.25) is 4.79 Å². The monoisotopic (exact) mass is 352 g/mol. The first-order valence-corrected chi connectivity index (χ1v) is 9.07. The molecule has 25 heavy (non-hydrogen) atoms. The molecule has 1 N–H and O–H groups in total. The van der Waals surface area contributed by atoms with E-state index in [0.717, 1.165) is 16.3 Å². The fourth-order valence-corrected chi connectivity index (χ4v) is 3.24.